The number of nitrogens with zero attached hydrogens (tertiary/aromatic N) is 1. The number of rotatable bonds is 4. The van der Waals surface area contributed by atoms with Crippen molar-refractivity contribution in [2.45, 2.75) is 44.8 Å². The molecule has 2 saturated heterocycles. The number of amides is 1. The van der Waals surface area contributed by atoms with Gasteiger partial charge in [-0.1, -0.05) is 13.0 Å². The van der Waals surface area contributed by atoms with Crippen molar-refractivity contribution in [3.05, 3.63) is 24.3 Å². The van der Waals surface area contributed by atoms with Crippen molar-refractivity contribution in [3.63, 3.8) is 0 Å². The van der Waals surface area contributed by atoms with Crippen molar-refractivity contribution >= 4 is 42.1 Å². The number of piperidine rings is 1. The average molecular weight is 390 g/mol. The lowest BCUT2D eigenvalue weighted by atomic mass is 9.99. The Balaban J connectivity index is 0.00000156. The molecule has 2 fully saturated rings. The Morgan fingerprint density at radius 2 is 1.96 bits per heavy atom. The van der Waals surface area contributed by atoms with Crippen LogP contribution in [0, 0.1) is 5.92 Å². The maximum Gasteiger partial charge on any atom is 0.253 e. The molecule has 3 N–H and O–H groups in total. The van der Waals surface area contributed by atoms with Crippen molar-refractivity contribution in [3.8, 4) is 0 Å². The fourth-order valence-corrected chi connectivity index (χ4v) is 3.34. The lowest BCUT2D eigenvalue weighted by Gasteiger charge is -2.32. The summed E-state index contributed by atoms with van der Waals surface area (Å²) in [5.74, 6) is 0.745. The van der Waals surface area contributed by atoms with E-state index in [0.717, 1.165) is 37.5 Å². The molecule has 3 rings (SSSR count). The number of hydrogen-bond acceptors (Lipinski definition) is 4. The van der Waals surface area contributed by atoms with Crippen molar-refractivity contribution in [2.75, 3.05) is 29.9 Å². The molecule has 1 aromatic rings. The molecule has 0 aromatic heterocycles. The molecule has 2 aliphatic rings. The highest BCUT2D eigenvalue weighted by Crippen LogP contribution is 2.26. The first-order chi connectivity index (χ1) is 11.2. The zero-order valence-corrected chi connectivity index (χ0v) is 16.3. The summed E-state index contributed by atoms with van der Waals surface area (Å²) in [5.41, 5.74) is 7.62. The molecular weight excluding hydrogens is 361 g/mol. The van der Waals surface area contributed by atoms with E-state index in [1.807, 2.05) is 12.1 Å². The van der Waals surface area contributed by atoms with E-state index in [1.54, 1.807) is 0 Å². The van der Waals surface area contributed by atoms with E-state index in [2.05, 4.69) is 29.3 Å². The van der Waals surface area contributed by atoms with Crippen LogP contribution >= 0.6 is 24.8 Å². The fourth-order valence-electron chi connectivity index (χ4n) is 3.34. The standard InChI is InChI=1S/C18H27N3O2.2ClH/c1-13-7-9-21(10-8-13)15-4-2-3-14(11-15)20-18(22)17-6-5-16(12-19)23-17;;/h2-4,11,13,16-17H,5-10,12,19H2,1H3,(H,20,22);2*1H/t16-,17+;;/m1../s1. The van der Waals surface area contributed by atoms with Crippen LogP contribution in [0.2, 0.25) is 0 Å². The van der Waals surface area contributed by atoms with Crippen LogP contribution in [-0.2, 0) is 9.53 Å². The normalized spacial score (nSPS) is 23.5. The topological polar surface area (TPSA) is 67.6 Å². The van der Waals surface area contributed by atoms with Gasteiger partial charge < -0.3 is 20.7 Å². The average Bonchev–Trinajstić information content (AvgIpc) is 3.05. The first-order valence-corrected chi connectivity index (χ1v) is 8.67. The zero-order chi connectivity index (χ0) is 16.2. The number of benzene rings is 1. The van der Waals surface area contributed by atoms with Gasteiger partial charge in [0.15, 0.2) is 0 Å². The molecule has 25 heavy (non-hydrogen) atoms. The maximum atomic E-state index is 12.3. The van der Waals surface area contributed by atoms with Crippen LogP contribution < -0.4 is 16.0 Å². The second-order valence-electron chi connectivity index (χ2n) is 6.77. The highest BCUT2D eigenvalue weighted by molar-refractivity contribution is 5.94. The van der Waals surface area contributed by atoms with E-state index >= 15 is 0 Å². The maximum absolute atomic E-state index is 12.3. The summed E-state index contributed by atoms with van der Waals surface area (Å²) >= 11 is 0. The third-order valence-corrected chi connectivity index (χ3v) is 4.93. The Bertz CT molecular complexity index is 551. The Labute approximate surface area is 162 Å². The number of halogens is 2. The molecule has 7 heteroatoms. The van der Waals surface area contributed by atoms with Crippen LogP contribution in [-0.4, -0.2) is 37.7 Å². The highest BCUT2D eigenvalue weighted by Gasteiger charge is 2.29. The van der Waals surface area contributed by atoms with Crippen molar-refractivity contribution in [1.29, 1.82) is 0 Å². The number of carbonyl (C=O) groups excluding carboxylic acids is 1. The third kappa shape index (κ3) is 5.74. The molecule has 0 radical (unpaired) electrons. The summed E-state index contributed by atoms with van der Waals surface area (Å²) < 4.78 is 5.66. The van der Waals surface area contributed by atoms with E-state index in [0.29, 0.717) is 6.54 Å². The van der Waals surface area contributed by atoms with Crippen molar-refractivity contribution < 1.29 is 9.53 Å². The van der Waals surface area contributed by atoms with Crippen LogP contribution in [0.4, 0.5) is 11.4 Å². The number of anilines is 2. The number of carbonyl (C=O) groups is 1. The molecular formula is C18H29Cl2N3O2. The summed E-state index contributed by atoms with van der Waals surface area (Å²) in [6.07, 6.45) is 3.72. The second-order valence-corrected chi connectivity index (χ2v) is 6.77. The summed E-state index contributed by atoms with van der Waals surface area (Å²) in [6.45, 7) is 4.96. The van der Waals surface area contributed by atoms with Gasteiger partial charge in [-0.3, -0.25) is 4.79 Å². The smallest absolute Gasteiger partial charge is 0.253 e. The number of ether oxygens (including phenoxy) is 1. The molecule has 142 valence electrons. The van der Waals surface area contributed by atoms with Gasteiger partial charge in [-0.2, -0.15) is 0 Å². The van der Waals surface area contributed by atoms with Gasteiger partial charge in [-0.25, -0.2) is 0 Å². The number of nitrogens with one attached hydrogen (secondary N) is 1. The van der Waals surface area contributed by atoms with Crippen molar-refractivity contribution in [1.82, 2.24) is 0 Å². The van der Waals surface area contributed by atoms with E-state index in [4.69, 9.17) is 10.5 Å². The van der Waals surface area contributed by atoms with Crippen LogP contribution in [0.5, 0.6) is 0 Å². The van der Waals surface area contributed by atoms with Gasteiger partial charge >= 0.3 is 0 Å². The van der Waals surface area contributed by atoms with E-state index in [1.165, 1.54) is 18.5 Å². The molecule has 0 bridgehead atoms. The highest BCUT2D eigenvalue weighted by atomic mass is 35.5. The van der Waals surface area contributed by atoms with Gasteiger partial charge in [0.25, 0.3) is 5.91 Å². The number of nitrogens with two attached hydrogens (primary N) is 1. The first kappa shape index (κ1) is 22.0. The Morgan fingerprint density at radius 3 is 2.60 bits per heavy atom. The first-order valence-electron chi connectivity index (χ1n) is 8.67. The monoisotopic (exact) mass is 389 g/mol. The molecule has 0 saturated carbocycles. The van der Waals surface area contributed by atoms with Crippen LogP contribution in [0.25, 0.3) is 0 Å². The van der Waals surface area contributed by atoms with E-state index in [-0.39, 0.29) is 42.9 Å². The van der Waals surface area contributed by atoms with Gasteiger partial charge in [-0.05, 0) is 49.8 Å². The summed E-state index contributed by atoms with van der Waals surface area (Å²) in [5, 5.41) is 2.99. The van der Waals surface area contributed by atoms with E-state index in [9.17, 15) is 4.79 Å². The molecule has 1 aromatic carbocycles. The molecule has 5 nitrogen and oxygen atoms in total. The molecule has 2 atom stereocenters. The Hall–Kier alpha value is -1.01. The van der Waals surface area contributed by atoms with Gasteiger partial charge in [0.05, 0.1) is 6.10 Å². The molecule has 0 aliphatic carbocycles. The van der Waals surface area contributed by atoms with Crippen LogP contribution in [0.3, 0.4) is 0 Å². The lowest BCUT2D eigenvalue weighted by molar-refractivity contribution is -0.126. The Morgan fingerprint density at radius 1 is 1.24 bits per heavy atom. The Kier molecular flexibility index (Phi) is 9.00. The van der Waals surface area contributed by atoms with Crippen LogP contribution in [0.15, 0.2) is 24.3 Å². The lowest BCUT2D eigenvalue weighted by Crippen LogP contribution is -2.33. The van der Waals surface area contributed by atoms with Gasteiger partial charge in [-0.15, -0.1) is 24.8 Å². The summed E-state index contributed by atoms with van der Waals surface area (Å²) in [6, 6.07) is 8.11. The van der Waals surface area contributed by atoms with Gasteiger partial charge in [0, 0.05) is 31.0 Å². The number of hydrogen-bond donors (Lipinski definition) is 2. The SMILES string of the molecule is CC1CCN(c2cccc(NC(=O)[C@@H]3CC[C@H](CN)O3)c2)CC1.Cl.Cl. The minimum Gasteiger partial charge on any atom is -0.371 e. The predicted molar refractivity (Wildman–Crippen MR) is 107 cm³/mol. The predicted octanol–water partition coefficient (Wildman–Crippen LogP) is 3.21. The fraction of sp³-hybridized carbons (Fsp3) is 0.611. The molecule has 2 heterocycles. The third-order valence-electron chi connectivity index (χ3n) is 4.93. The summed E-state index contributed by atoms with van der Waals surface area (Å²) in [4.78, 5) is 14.7. The zero-order valence-electron chi connectivity index (χ0n) is 14.6. The van der Waals surface area contributed by atoms with Gasteiger partial charge in [0.1, 0.15) is 6.10 Å². The van der Waals surface area contributed by atoms with Gasteiger partial charge in [0.2, 0.25) is 0 Å². The van der Waals surface area contributed by atoms with Crippen LogP contribution in [0.1, 0.15) is 32.6 Å². The van der Waals surface area contributed by atoms with E-state index < -0.39 is 0 Å². The summed E-state index contributed by atoms with van der Waals surface area (Å²) in [7, 11) is 0. The molecule has 0 spiro atoms. The minimum absolute atomic E-state index is 0. The minimum atomic E-state index is -0.372. The largest absolute Gasteiger partial charge is 0.371 e. The molecule has 2 aliphatic heterocycles. The second kappa shape index (κ2) is 10.2. The molecule has 0 unspecified atom stereocenters. The van der Waals surface area contributed by atoms with Crippen molar-refractivity contribution in [2.24, 2.45) is 11.7 Å². The quantitative estimate of drug-likeness (QED) is 0.829. The molecule has 1 amide bonds.